The van der Waals surface area contributed by atoms with Crippen LogP contribution in [-0.2, 0) is 4.79 Å². The minimum Gasteiger partial charge on any atom is -0.411 e. The number of nitrogens with zero attached hydrogens (tertiary/aromatic N) is 2. The number of thioether (sulfide) groups is 1. The highest BCUT2D eigenvalue weighted by Crippen LogP contribution is 2.32. The SMILES string of the molecule is O=C1CCCCC[C@@H]1Sc1nnc(-c2cccc(Br)c2)o1. The van der Waals surface area contributed by atoms with Gasteiger partial charge in [0.15, 0.2) is 0 Å². The molecule has 1 fully saturated rings. The van der Waals surface area contributed by atoms with Crippen molar-refractivity contribution in [1.29, 1.82) is 0 Å². The van der Waals surface area contributed by atoms with Crippen molar-refractivity contribution in [3.8, 4) is 11.5 Å². The molecule has 0 radical (unpaired) electrons. The van der Waals surface area contributed by atoms with E-state index in [1.807, 2.05) is 24.3 Å². The molecule has 0 spiro atoms. The number of ketones is 1. The van der Waals surface area contributed by atoms with Crippen LogP contribution >= 0.6 is 27.7 Å². The van der Waals surface area contributed by atoms with E-state index in [0.29, 0.717) is 23.3 Å². The van der Waals surface area contributed by atoms with E-state index in [-0.39, 0.29) is 5.25 Å². The predicted octanol–water partition coefficient (Wildman–Crippen LogP) is 4.49. The molecule has 110 valence electrons. The standard InChI is InChI=1S/C15H15BrN2O2S/c16-11-6-4-5-10(9-11)14-17-18-15(20-14)21-13-8-3-1-2-7-12(13)19/h4-6,9,13H,1-3,7-8H2/t13-/m0/s1. The summed E-state index contributed by atoms with van der Waals surface area (Å²) in [7, 11) is 0. The van der Waals surface area contributed by atoms with Gasteiger partial charge in [0.2, 0.25) is 5.89 Å². The molecule has 6 heteroatoms. The summed E-state index contributed by atoms with van der Waals surface area (Å²) in [6, 6.07) is 7.72. The smallest absolute Gasteiger partial charge is 0.277 e. The van der Waals surface area contributed by atoms with Gasteiger partial charge in [-0.1, -0.05) is 46.6 Å². The van der Waals surface area contributed by atoms with Crippen LogP contribution in [-0.4, -0.2) is 21.2 Å². The lowest BCUT2D eigenvalue weighted by atomic mass is 10.2. The Kier molecular flexibility index (Phi) is 4.75. The number of benzene rings is 1. The van der Waals surface area contributed by atoms with Gasteiger partial charge in [0.1, 0.15) is 5.78 Å². The normalized spacial score (nSPS) is 19.5. The lowest BCUT2D eigenvalue weighted by molar-refractivity contribution is -0.118. The molecule has 1 heterocycles. The molecular formula is C15H15BrN2O2S. The minimum absolute atomic E-state index is 0.0386. The van der Waals surface area contributed by atoms with Crippen LogP contribution < -0.4 is 0 Å². The fourth-order valence-electron chi connectivity index (χ4n) is 2.37. The van der Waals surface area contributed by atoms with Crippen LogP contribution in [0.4, 0.5) is 0 Å². The van der Waals surface area contributed by atoms with E-state index >= 15 is 0 Å². The van der Waals surface area contributed by atoms with Crippen molar-refractivity contribution in [2.45, 2.75) is 42.6 Å². The molecule has 0 bridgehead atoms. The Morgan fingerprint density at radius 3 is 3.00 bits per heavy atom. The second-order valence-electron chi connectivity index (χ2n) is 5.06. The van der Waals surface area contributed by atoms with Crippen molar-refractivity contribution in [2.24, 2.45) is 0 Å². The quantitative estimate of drug-likeness (QED) is 0.748. The topological polar surface area (TPSA) is 56.0 Å². The highest BCUT2D eigenvalue weighted by Gasteiger charge is 2.24. The lowest BCUT2D eigenvalue weighted by Gasteiger charge is -2.08. The number of halogens is 1. The van der Waals surface area contributed by atoms with Gasteiger partial charge in [-0.25, -0.2) is 0 Å². The number of rotatable bonds is 3. The third-order valence-electron chi connectivity index (χ3n) is 3.47. The molecule has 0 saturated heterocycles. The summed E-state index contributed by atoms with van der Waals surface area (Å²) in [4.78, 5) is 12.0. The number of hydrogen-bond donors (Lipinski definition) is 0. The van der Waals surface area contributed by atoms with Gasteiger partial charge >= 0.3 is 0 Å². The average Bonchev–Trinajstić information content (AvgIpc) is 2.85. The Hall–Kier alpha value is -1.14. The third kappa shape index (κ3) is 3.74. The van der Waals surface area contributed by atoms with Crippen molar-refractivity contribution < 1.29 is 9.21 Å². The van der Waals surface area contributed by atoms with Crippen LogP contribution in [0.2, 0.25) is 0 Å². The molecule has 2 aromatic rings. The van der Waals surface area contributed by atoms with Crippen molar-refractivity contribution in [3.63, 3.8) is 0 Å². The maximum absolute atomic E-state index is 12.0. The summed E-state index contributed by atoms with van der Waals surface area (Å²) < 4.78 is 6.65. The monoisotopic (exact) mass is 366 g/mol. The van der Waals surface area contributed by atoms with Gasteiger partial charge in [0.05, 0.1) is 5.25 Å². The van der Waals surface area contributed by atoms with E-state index in [9.17, 15) is 4.79 Å². The highest BCUT2D eigenvalue weighted by atomic mass is 79.9. The van der Waals surface area contributed by atoms with Crippen LogP contribution in [0.1, 0.15) is 32.1 Å². The highest BCUT2D eigenvalue weighted by molar-refractivity contribution is 9.10. The van der Waals surface area contributed by atoms with Gasteiger partial charge in [-0.3, -0.25) is 4.79 Å². The number of hydrogen-bond acceptors (Lipinski definition) is 5. The first-order valence-electron chi connectivity index (χ1n) is 7.01. The van der Waals surface area contributed by atoms with Crippen LogP contribution in [0.3, 0.4) is 0 Å². The Labute approximate surface area is 135 Å². The molecule has 0 aliphatic heterocycles. The maximum atomic E-state index is 12.0. The fourth-order valence-corrected chi connectivity index (χ4v) is 3.76. The largest absolute Gasteiger partial charge is 0.411 e. The number of Topliss-reactive ketones (excluding diaryl/α,β-unsaturated/α-hetero) is 1. The molecule has 3 rings (SSSR count). The van der Waals surface area contributed by atoms with Gasteiger partial charge in [0.25, 0.3) is 5.22 Å². The molecule has 0 N–H and O–H groups in total. The lowest BCUT2D eigenvalue weighted by Crippen LogP contribution is -2.14. The van der Waals surface area contributed by atoms with E-state index in [2.05, 4.69) is 26.1 Å². The van der Waals surface area contributed by atoms with Gasteiger partial charge in [-0.2, -0.15) is 0 Å². The zero-order valence-corrected chi connectivity index (χ0v) is 13.8. The molecular weight excluding hydrogens is 352 g/mol. The molecule has 1 aromatic heterocycles. The third-order valence-corrected chi connectivity index (χ3v) is 5.11. The van der Waals surface area contributed by atoms with E-state index in [0.717, 1.165) is 35.7 Å². The van der Waals surface area contributed by atoms with Gasteiger partial charge in [-0.05, 0) is 31.0 Å². The van der Waals surface area contributed by atoms with Gasteiger partial charge < -0.3 is 4.42 Å². The zero-order chi connectivity index (χ0) is 14.7. The minimum atomic E-state index is -0.0386. The van der Waals surface area contributed by atoms with Crippen molar-refractivity contribution in [3.05, 3.63) is 28.7 Å². The van der Waals surface area contributed by atoms with Crippen molar-refractivity contribution >= 4 is 33.5 Å². The Morgan fingerprint density at radius 1 is 1.24 bits per heavy atom. The van der Waals surface area contributed by atoms with Crippen molar-refractivity contribution in [1.82, 2.24) is 10.2 Å². The number of aromatic nitrogens is 2. The molecule has 4 nitrogen and oxygen atoms in total. The summed E-state index contributed by atoms with van der Waals surface area (Å²) in [6.07, 6.45) is 4.80. The van der Waals surface area contributed by atoms with Crippen molar-refractivity contribution in [2.75, 3.05) is 0 Å². The Bertz CT molecular complexity index is 644. The van der Waals surface area contributed by atoms with E-state index in [1.54, 1.807) is 0 Å². The second-order valence-corrected chi connectivity index (χ2v) is 7.13. The first-order valence-corrected chi connectivity index (χ1v) is 8.68. The van der Waals surface area contributed by atoms with Crippen LogP contribution in [0.15, 0.2) is 38.4 Å². The molecule has 0 amide bonds. The summed E-state index contributed by atoms with van der Waals surface area (Å²) in [5.41, 5.74) is 0.871. The predicted molar refractivity (Wildman–Crippen MR) is 85.2 cm³/mol. The Morgan fingerprint density at radius 2 is 2.14 bits per heavy atom. The molecule has 1 aliphatic rings. The first-order chi connectivity index (χ1) is 10.2. The van der Waals surface area contributed by atoms with E-state index < -0.39 is 0 Å². The van der Waals surface area contributed by atoms with Gasteiger partial charge in [0, 0.05) is 16.5 Å². The fraction of sp³-hybridized carbons (Fsp3) is 0.400. The summed E-state index contributed by atoms with van der Waals surface area (Å²) in [5.74, 6) is 0.791. The molecule has 1 saturated carbocycles. The molecule has 1 aromatic carbocycles. The number of carbonyl (C=O) groups is 1. The number of carbonyl (C=O) groups excluding carboxylic acids is 1. The van der Waals surface area contributed by atoms with Crippen LogP contribution in [0.25, 0.3) is 11.5 Å². The van der Waals surface area contributed by atoms with E-state index in [1.165, 1.54) is 11.8 Å². The Balaban J connectivity index is 1.74. The first kappa shape index (κ1) is 14.8. The second kappa shape index (κ2) is 6.75. The summed E-state index contributed by atoms with van der Waals surface area (Å²) in [6.45, 7) is 0. The van der Waals surface area contributed by atoms with Gasteiger partial charge in [-0.15, -0.1) is 10.2 Å². The maximum Gasteiger partial charge on any atom is 0.277 e. The molecule has 21 heavy (non-hydrogen) atoms. The summed E-state index contributed by atoms with van der Waals surface area (Å²) >= 11 is 4.83. The van der Waals surface area contributed by atoms with Crippen LogP contribution in [0, 0.1) is 0 Å². The van der Waals surface area contributed by atoms with E-state index in [4.69, 9.17) is 4.42 Å². The zero-order valence-electron chi connectivity index (χ0n) is 11.4. The molecule has 1 aliphatic carbocycles. The average molecular weight is 367 g/mol. The summed E-state index contributed by atoms with van der Waals surface area (Å²) in [5, 5.41) is 8.57. The van der Waals surface area contributed by atoms with Crippen LogP contribution in [0.5, 0.6) is 0 Å². The molecule has 0 unspecified atom stereocenters. The molecule has 1 atom stereocenters.